The Morgan fingerprint density at radius 3 is 2.43 bits per heavy atom. The summed E-state index contributed by atoms with van der Waals surface area (Å²) in [6, 6.07) is 0.849. The van der Waals surface area contributed by atoms with E-state index < -0.39 is 9.84 Å². The van der Waals surface area contributed by atoms with Crippen LogP contribution in [0.25, 0.3) is 0 Å². The lowest BCUT2D eigenvalue weighted by atomic mass is 10.1. The minimum absolute atomic E-state index is 0. The summed E-state index contributed by atoms with van der Waals surface area (Å²) < 4.78 is 22.9. The van der Waals surface area contributed by atoms with Gasteiger partial charge in [-0.25, -0.2) is 8.42 Å². The van der Waals surface area contributed by atoms with E-state index >= 15 is 0 Å². The Morgan fingerprint density at radius 1 is 1.24 bits per heavy atom. The Kier molecular flexibility index (Phi) is 7.73. The molecule has 0 aromatic heterocycles. The zero-order chi connectivity index (χ0) is 14.6. The summed E-state index contributed by atoms with van der Waals surface area (Å²) in [5, 5.41) is 6.82. The van der Waals surface area contributed by atoms with Gasteiger partial charge in [-0.1, -0.05) is 12.8 Å². The van der Waals surface area contributed by atoms with E-state index in [2.05, 4.69) is 29.5 Å². The molecule has 0 aromatic carbocycles. The first kappa shape index (κ1) is 19.0. The molecule has 2 N–H and O–H groups in total. The summed E-state index contributed by atoms with van der Waals surface area (Å²) in [7, 11) is -2.80. The van der Waals surface area contributed by atoms with Crippen molar-refractivity contribution in [1.82, 2.24) is 10.6 Å². The number of nitrogens with one attached hydrogen (secondary N) is 2. The van der Waals surface area contributed by atoms with Gasteiger partial charge in [0.2, 0.25) is 0 Å². The second-order valence-corrected chi connectivity index (χ2v) is 8.61. The van der Waals surface area contributed by atoms with Gasteiger partial charge in [0.15, 0.2) is 15.8 Å². The highest BCUT2D eigenvalue weighted by Gasteiger charge is 2.27. The molecule has 1 heterocycles. The molecule has 1 unspecified atom stereocenters. The number of guanidine groups is 1. The van der Waals surface area contributed by atoms with Crippen LogP contribution in [0, 0.1) is 5.92 Å². The molecule has 1 atom stereocenters. The molecule has 1 aliphatic carbocycles. The Bertz CT molecular complexity index is 445. The van der Waals surface area contributed by atoms with Crippen molar-refractivity contribution < 1.29 is 8.42 Å². The van der Waals surface area contributed by atoms with Crippen molar-refractivity contribution in [1.29, 1.82) is 0 Å². The maximum Gasteiger partial charge on any atom is 0.191 e. The summed E-state index contributed by atoms with van der Waals surface area (Å²) in [4.78, 5) is 4.60. The zero-order valence-corrected chi connectivity index (χ0v) is 16.1. The third-order valence-corrected chi connectivity index (χ3v) is 5.79. The first-order valence-corrected chi connectivity index (χ1v) is 9.55. The lowest BCUT2D eigenvalue weighted by molar-refractivity contribution is 0.574. The van der Waals surface area contributed by atoms with Crippen molar-refractivity contribution in [2.24, 2.45) is 10.9 Å². The molecule has 2 aliphatic rings. The van der Waals surface area contributed by atoms with E-state index in [1.54, 1.807) is 0 Å². The molecule has 0 radical (unpaired) electrons. The Morgan fingerprint density at radius 2 is 1.90 bits per heavy atom. The normalized spacial score (nSPS) is 25.9. The Hall–Kier alpha value is -0.0500. The maximum absolute atomic E-state index is 11.5. The van der Waals surface area contributed by atoms with Crippen LogP contribution in [0.5, 0.6) is 0 Å². The summed E-state index contributed by atoms with van der Waals surface area (Å²) in [5.41, 5.74) is 0. The molecule has 0 amide bonds. The predicted molar refractivity (Wildman–Crippen MR) is 98.1 cm³/mol. The fourth-order valence-corrected chi connectivity index (χ4v) is 4.76. The highest BCUT2D eigenvalue weighted by Crippen LogP contribution is 2.19. The zero-order valence-electron chi connectivity index (χ0n) is 13.0. The van der Waals surface area contributed by atoms with E-state index in [1.165, 1.54) is 25.7 Å². The lowest BCUT2D eigenvalue weighted by Crippen LogP contribution is -2.45. The van der Waals surface area contributed by atoms with Crippen LogP contribution in [0.3, 0.4) is 0 Å². The van der Waals surface area contributed by atoms with Gasteiger partial charge < -0.3 is 10.6 Å². The monoisotopic (exact) mass is 429 g/mol. The van der Waals surface area contributed by atoms with Gasteiger partial charge in [-0.3, -0.25) is 4.99 Å². The standard InChI is InChI=1S/C14H27N3O2S.HI/c1-11(2)16-14(17-13-5-3-4-6-13)15-9-12-7-8-20(18,19)10-12;/h11-13H,3-10H2,1-2H3,(H2,15,16,17);1H. The predicted octanol–water partition coefficient (Wildman–Crippen LogP) is 1.93. The number of rotatable bonds is 4. The van der Waals surface area contributed by atoms with Gasteiger partial charge >= 0.3 is 0 Å². The van der Waals surface area contributed by atoms with E-state index in [0.29, 0.717) is 30.1 Å². The molecule has 2 rings (SSSR count). The van der Waals surface area contributed by atoms with Crippen LogP contribution >= 0.6 is 24.0 Å². The maximum atomic E-state index is 11.5. The molecule has 1 saturated carbocycles. The quantitative estimate of drug-likeness (QED) is 0.407. The van der Waals surface area contributed by atoms with E-state index in [-0.39, 0.29) is 29.9 Å². The van der Waals surface area contributed by atoms with Gasteiger partial charge in [-0.15, -0.1) is 24.0 Å². The molecule has 0 bridgehead atoms. The highest BCUT2D eigenvalue weighted by atomic mass is 127. The Balaban J connectivity index is 0.00000220. The number of nitrogens with zero attached hydrogens (tertiary/aromatic N) is 1. The Labute approximate surface area is 145 Å². The number of hydrogen-bond donors (Lipinski definition) is 2. The molecule has 124 valence electrons. The van der Waals surface area contributed by atoms with Crippen LogP contribution in [0.1, 0.15) is 46.0 Å². The SMILES string of the molecule is CC(C)NC(=NCC1CCS(=O)(=O)C1)NC1CCCC1.I. The van der Waals surface area contributed by atoms with E-state index in [9.17, 15) is 8.42 Å². The third kappa shape index (κ3) is 6.71. The van der Waals surface area contributed by atoms with Crippen molar-refractivity contribution in [2.45, 2.75) is 58.0 Å². The van der Waals surface area contributed by atoms with Crippen molar-refractivity contribution in [2.75, 3.05) is 18.1 Å². The van der Waals surface area contributed by atoms with Gasteiger partial charge in [-0.05, 0) is 39.0 Å². The topological polar surface area (TPSA) is 70.6 Å². The molecule has 1 aliphatic heterocycles. The van der Waals surface area contributed by atoms with Crippen LogP contribution in [-0.2, 0) is 9.84 Å². The molecular formula is C14H28IN3O2S. The molecule has 7 heteroatoms. The second kappa shape index (κ2) is 8.55. The van der Waals surface area contributed by atoms with Gasteiger partial charge in [0.1, 0.15) is 0 Å². The fourth-order valence-electron chi connectivity index (χ4n) is 2.91. The van der Waals surface area contributed by atoms with Crippen molar-refractivity contribution in [3.8, 4) is 0 Å². The second-order valence-electron chi connectivity index (χ2n) is 6.38. The third-order valence-electron chi connectivity index (χ3n) is 3.96. The first-order valence-electron chi connectivity index (χ1n) is 7.72. The van der Waals surface area contributed by atoms with Crippen LogP contribution in [0.2, 0.25) is 0 Å². The molecule has 0 spiro atoms. The molecule has 1 saturated heterocycles. The number of halogens is 1. The fraction of sp³-hybridized carbons (Fsp3) is 0.929. The summed E-state index contributed by atoms with van der Waals surface area (Å²) >= 11 is 0. The van der Waals surface area contributed by atoms with Gasteiger partial charge in [-0.2, -0.15) is 0 Å². The average Bonchev–Trinajstić information content (AvgIpc) is 2.95. The minimum atomic E-state index is -2.80. The smallest absolute Gasteiger partial charge is 0.191 e. The van der Waals surface area contributed by atoms with Crippen LogP contribution < -0.4 is 10.6 Å². The van der Waals surface area contributed by atoms with Crippen LogP contribution in [0.4, 0.5) is 0 Å². The average molecular weight is 429 g/mol. The van der Waals surface area contributed by atoms with E-state index in [1.807, 2.05) is 0 Å². The van der Waals surface area contributed by atoms with Crippen LogP contribution in [-0.4, -0.2) is 44.5 Å². The molecule has 5 nitrogen and oxygen atoms in total. The van der Waals surface area contributed by atoms with Crippen molar-refractivity contribution in [3.05, 3.63) is 0 Å². The van der Waals surface area contributed by atoms with Gasteiger partial charge in [0.25, 0.3) is 0 Å². The summed E-state index contributed by atoms with van der Waals surface area (Å²) in [6.45, 7) is 4.78. The van der Waals surface area contributed by atoms with E-state index in [0.717, 1.165) is 12.4 Å². The number of sulfone groups is 1. The first-order chi connectivity index (χ1) is 9.44. The van der Waals surface area contributed by atoms with Gasteiger partial charge in [0.05, 0.1) is 11.5 Å². The number of aliphatic imine (C=N–C) groups is 1. The summed E-state index contributed by atoms with van der Waals surface area (Å²) in [6.07, 6.45) is 5.73. The number of hydrogen-bond acceptors (Lipinski definition) is 3. The molecular weight excluding hydrogens is 401 g/mol. The van der Waals surface area contributed by atoms with Crippen molar-refractivity contribution >= 4 is 39.8 Å². The largest absolute Gasteiger partial charge is 0.354 e. The highest BCUT2D eigenvalue weighted by molar-refractivity contribution is 14.0. The van der Waals surface area contributed by atoms with Crippen LogP contribution in [0.15, 0.2) is 4.99 Å². The molecule has 0 aromatic rings. The van der Waals surface area contributed by atoms with E-state index in [4.69, 9.17) is 0 Å². The molecule has 21 heavy (non-hydrogen) atoms. The van der Waals surface area contributed by atoms with Crippen molar-refractivity contribution in [3.63, 3.8) is 0 Å². The summed E-state index contributed by atoms with van der Waals surface area (Å²) in [5.74, 6) is 1.66. The molecule has 2 fully saturated rings. The van der Waals surface area contributed by atoms with Gasteiger partial charge in [0, 0.05) is 18.6 Å². The minimum Gasteiger partial charge on any atom is -0.354 e. The lowest BCUT2D eigenvalue weighted by Gasteiger charge is -2.19.